The first-order valence-corrected chi connectivity index (χ1v) is 22.0. The lowest BCUT2D eigenvalue weighted by atomic mass is 9.92. The predicted octanol–water partition coefficient (Wildman–Crippen LogP) is 17.2. The van der Waals surface area contributed by atoms with Crippen molar-refractivity contribution in [2.45, 2.75) is 0 Å². The van der Waals surface area contributed by atoms with Crippen molar-refractivity contribution < 1.29 is 0 Å². The molecule has 12 aromatic rings. The molecule has 0 spiro atoms. The van der Waals surface area contributed by atoms with Crippen LogP contribution in [-0.4, -0.2) is 4.57 Å². The normalized spacial score (nSPS) is 11.4. The van der Waals surface area contributed by atoms with Crippen LogP contribution < -0.4 is 4.90 Å². The van der Waals surface area contributed by atoms with Crippen LogP contribution >= 0.6 is 0 Å². The summed E-state index contributed by atoms with van der Waals surface area (Å²) in [6, 6.07) is 92.8. The van der Waals surface area contributed by atoms with E-state index in [4.69, 9.17) is 0 Å². The van der Waals surface area contributed by atoms with E-state index in [9.17, 15) is 0 Å². The highest BCUT2D eigenvalue weighted by molar-refractivity contribution is 6.10. The number of anilines is 3. The molecule has 300 valence electrons. The molecule has 0 amide bonds. The molecule has 0 radical (unpaired) electrons. The Kier molecular flexibility index (Phi) is 9.20. The number of hydrogen-bond acceptors (Lipinski definition) is 1. The van der Waals surface area contributed by atoms with Crippen LogP contribution in [0.2, 0.25) is 0 Å². The van der Waals surface area contributed by atoms with E-state index in [-0.39, 0.29) is 0 Å². The molecule has 64 heavy (non-hydrogen) atoms. The number of nitrogens with zero attached hydrogens (tertiary/aromatic N) is 2. The summed E-state index contributed by atoms with van der Waals surface area (Å²) < 4.78 is 2.43. The maximum absolute atomic E-state index is 2.43. The molecule has 2 heteroatoms. The van der Waals surface area contributed by atoms with E-state index in [1.54, 1.807) is 0 Å². The van der Waals surface area contributed by atoms with Crippen LogP contribution in [0.5, 0.6) is 0 Å². The second-order valence-corrected chi connectivity index (χ2v) is 16.5. The zero-order chi connectivity index (χ0) is 42.4. The van der Waals surface area contributed by atoms with Crippen LogP contribution in [0.3, 0.4) is 0 Å². The third-order valence-corrected chi connectivity index (χ3v) is 12.8. The van der Waals surface area contributed by atoms with Crippen molar-refractivity contribution >= 4 is 60.4 Å². The molecule has 12 rings (SSSR count). The fourth-order valence-electron chi connectivity index (χ4n) is 9.74. The van der Waals surface area contributed by atoms with Crippen molar-refractivity contribution in [3.63, 3.8) is 0 Å². The number of rotatable bonds is 8. The predicted molar refractivity (Wildman–Crippen MR) is 272 cm³/mol. The van der Waals surface area contributed by atoms with Crippen LogP contribution in [0.15, 0.2) is 255 Å². The summed E-state index contributed by atoms with van der Waals surface area (Å²) in [6.45, 7) is 0. The Bertz CT molecular complexity index is 3620. The molecule has 2 nitrogen and oxygen atoms in total. The molecule has 0 aliphatic carbocycles. The van der Waals surface area contributed by atoms with Gasteiger partial charge in [0.25, 0.3) is 0 Å². The smallest absolute Gasteiger partial charge is 0.0541 e. The van der Waals surface area contributed by atoms with Gasteiger partial charge in [-0.2, -0.15) is 0 Å². The summed E-state index contributed by atoms with van der Waals surface area (Å²) in [5.41, 5.74) is 16.3. The summed E-state index contributed by atoms with van der Waals surface area (Å²) >= 11 is 0. The number of fused-ring (bicyclic) bond motifs is 5. The van der Waals surface area contributed by atoms with E-state index in [1.807, 2.05) is 0 Å². The van der Waals surface area contributed by atoms with E-state index in [1.165, 1.54) is 76.7 Å². The summed E-state index contributed by atoms with van der Waals surface area (Å²) in [5.74, 6) is 0. The molecule has 1 heterocycles. The first kappa shape index (κ1) is 37.3. The van der Waals surface area contributed by atoms with Gasteiger partial charge < -0.3 is 9.47 Å². The number of aromatic nitrogens is 1. The van der Waals surface area contributed by atoms with Gasteiger partial charge in [0.2, 0.25) is 0 Å². The molecule has 0 atom stereocenters. The van der Waals surface area contributed by atoms with Crippen molar-refractivity contribution in [1.82, 2.24) is 4.57 Å². The minimum absolute atomic E-state index is 1.08. The van der Waals surface area contributed by atoms with Crippen molar-refractivity contribution in [1.29, 1.82) is 0 Å². The van der Waals surface area contributed by atoms with Crippen molar-refractivity contribution in [3.8, 4) is 50.2 Å². The molecule has 0 fully saturated rings. The highest BCUT2D eigenvalue weighted by Gasteiger charge is 2.21. The van der Waals surface area contributed by atoms with E-state index in [0.29, 0.717) is 0 Å². The maximum atomic E-state index is 2.43. The zero-order valence-electron chi connectivity index (χ0n) is 35.1. The van der Waals surface area contributed by atoms with E-state index in [0.717, 1.165) is 33.9 Å². The second-order valence-electron chi connectivity index (χ2n) is 16.5. The Morgan fingerprint density at radius 2 is 0.719 bits per heavy atom. The Hall–Kier alpha value is -8.46. The fourth-order valence-corrected chi connectivity index (χ4v) is 9.74. The Labute approximate surface area is 373 Å². The van der Waals surface area contributed by atoms with Gasteiger partial charge in [-0.15, -0.1) is 0 Å². The Morgan fingerprint density at radius 3 is 1.42 bits per heavy atom. The molecule has 1 aromatic heterocycles. The first-order chi connectivity index (χ1) is 31.7. The summed E-state index contributed by atoms with van der Waals surface area (Å²) in [7, 11) is 0. The van der Waals surface area contributed by atoms with Crippen LogP contribution in [0.25, 0.3) is 93.5 Å². The standard InChI is InChI=1S/C62H42N2/c1-2-18-45(19-3-1)59-42-52(38-39-55(59)56-24-10-13-27-60(56)64-61-28-14-11-25-57(61)58-26-12-15-29-62(58)64)63(51-37-32-44-17-5-7-21-48(44)41-51)50-35-33-46(34-36-50)53-22-8-9-23-54(53)49-31-30-43-16-4-6-20-47(43)40-49/h1-42H. The van der Waals surface area contributed by atoms with Gasteiger partial charge >= 0.3 is 0 Å². The third kappa shape index (κ3) is 6.52. The van der Waals surface area contributed by atoms with Crippen LogP contribution in [0.1, 0.15) is 0 Å². The van der Waals surface area contributed by atoms with E-state index in [2.05, 4.69) is 264 Å². The molecule has 0 unspecified atom stereocenters. The molecular formula is C62H42N2. The average Bonchev–Trinajstić information content (AvgIpc) is 3.71. The molecule has 0 aliphatic rings. The molecule has 0 bridgehead atoms. The number of benzene rings is 11. The van der Waals surface area contributed by atoms with Gasteiger partial charge in [0, 0.05) is 33.4 Å². The summed E-state index contributed by atoms with van der Waals surface area (Å²) in [5, 5.41) is 7.41. The van der Waals surface area contributed by atoms with Crippen molar-refractivity contribution in [3.05, 3.63) is 255 Å². The van der Waals surface area contributed by atoms with E-state index < -0.39 is 0 Å². The fraction of sp³-hybridized carbons (Fsp3) is 0. The van der Waals surface area contributed by atoms with Gasteiger partial charge in [-0.1, -0.05) is 194 Å². The Morgan fingerprint density at radius 1 is 0.250 bits per heavy atom. The molecule has 0 aliphatic heterocycles. The van der Waals surface area contributed by atoms with Crippen molar-refractivity contribution in [2.24, 2.45) is 0 Å². The van der Waals surface area contributed by atoms with Crippen molar-refractivity contribution in [2.75, 3.05) is 4.90 Å². The zero-order valence-corrected chi connectivity index (χ0v) is 35.1. The molecule has 0 saturated heterocycles. The quantitative estimate of drug-likeness (QED) is 0.148. The molecule has 0 N–H and O–H groups in total. The summed E-state index contributed by atoms with van der Waals surface area (Å²) in [6.07, 6.45) is 0. The SMILES string of the molecule is c1ccc(-c2cc(N(c3ccc(-c4ccccc4-c4ccc5ccccc5c4)cc3)c3ccc4ccccc4c3)ccc2-c2ccccc2-n2c3ccccc3c3ccccc32)cc1. The molecular weight excluding hydrogens is 773 g/mol. The lowest BCUT2D eigenvalue weighted by Crippen LogP contribution is -2.10. The highest BCUT2D eigenvalue weighted by atomic mass is 15.1. The largest absolute Gasteiger partial charge is 0.310 e. The number of hydrogen-bond donors (Lipinski definition) is 0. The lowest BCUT2D eigenvalue weighted by molar-refractivity contribution is 1.18. The molecule has 0 saturated carbocycles. The Balaban J connectivity index is 1.02. The maximum Gasteiger partial charge on any atom is 0.0541 e. The van der Waals surface area contributed by atoms with Gasteiger partial charge in [-0.3, -0.25) is 0 Å². The average molecular weight is 815 g/mol. The van der Waals surface area contributed by atoms with E-state index >= 15 is 0 Å². The topological polar surface area (TPSA) is 8.17 Å². The second kappa shape index (κ2) is 15.8. The minimum atomic E-state index is 1.08. The lowest BCUT2D eigenvalue weighted by Gasteiger charge is -2.28. The highest BCUT2D eigenvalue weighted by Crippen LogP contribution is 2.45. The minimum Gasteiger partial charge on any atom is -0.310 e. The molecule has 11 aromatic carbocycles. The van der Waals surface area contributed by atoms with Crippen LogP contribution in [0.4, 0.5) is 17.1 Å². The third-order valence-electron chi connectivity index (χ3n) is 12.8. The monoisotopic (exact) mass is 814 g/mol. The van der Waals surface area contributed by atoms with Gasteiger partial charge in [-0.25, -0.2) is 0 Å². The number of para-hydroxylation sites is 3. The van der Waals surface area contributed by atoms with Crippen LogP contribution in [-0.2, 0) is 0 Å². The van der Waals surface area contributed by atoms with Gasteiger partial charge in [0.1, 0.15) is 0 Å². The first-order valence-electron chi connectivity index (χ1n) is 22.0. The van der Waals surface area contributed by atoms with Gasteiger partial charge in [0.05, 0.1) is 16.7 Å². The van der Waals surface area contributed by atoms with Gasteiger partial charge in [0.15, 0.2) is 0 Å². The van der Waals surface area contributed by atoms with Gasteiger partial charge in [-0.05, 0) is 121 Å². The van der Waals surface area contributed by atoms with Crippen LogP contribution in [0, 0.1) is 0 Å². The summed E-state index contributed by atoms with van der Waals surface area (Å²) in [4.78, 5) is 2.40.